The number of alkyl carbamates (subject to hydrolysis) is 1. The molecule has 1 atom stereocenters. The van der Waals surface area contributed by atoms with Crippen molar-refractivity contribution in [1.82, 2.24) is 10.6 Å². The van der Waals surface area contributed by atoms with Gasteiger partial charge < -0.3 is 34.3 Å². The third-order valence-electron chi connectivity index (χ3n) is 8.75. The lowest BCUT2D eigenvalue weighted by atomic mass is 9.79. The molecule has 0 aromatic heterocycles. The lowest BCUT2D eigenvalue weighted by molar-refractivity contribution is -0.158. The summed E-state index contributed by atoms with van der Waals surface area (Å²) in [7, 11) is 0. The number of rotatable bonds is 11. The summed E-state index contributed by atoms with van der Waals surface area (Å²) in [5, 5.41) is 8.18. The maximum absolute atomic E-state index is 13.4. The number of carbonyl (C=O) groups excluding carboxylic acids is 5. The van der Waals surface area contributed by atoms with E-state index in [-0.39, 0.29) is 40.6 Å². The molecule has 0 saturated heterocycles. The van der Waals surface area contributed by atoms with Crippen LogP contribution in [0.4, 0.5) is 15.3 Å². The van der Waals surface area contributed by atoms with E-state index < -0.39 is 58.5 Å². The van der Waals surface area contributed by atoms with Crippen molar-refractivity contribution in [3.8, 4) is 11.5 Å². The first-order valence-corrected chi connectivity index (χ1v) is 20.3. The normalized spacial score (nSPS) is 13.0. The maximum atomic E-state index is 13.4. The van der Waals surface area contributed by atoms with E-state index in [2.05, 4.69) is 41.7 Å². The third-order valence-corrected chi connectivity index (χ3v) is 9.11. The number of nitrogens with one attached hydrogen (secondary N) is 3. The van der Waals surface area contributed by atoms with Crippen molar-refractivity contribution >= 4 is 53.3 Å². The van der Waals surface area contributed by atoms with Gasteiger partial charge in [0.2, 0.25) is 11.9 Å². The Morgan fingerprint density at radius 2 is 1.25 bits per heavy atom. The predicted molar refractivity (Wildman–Crippen MR) is 235 cm³/mol. The van der Waals surface area contributed by atoms with Crippen LogP contribution in [-0.4, -0.2) is 64.4 Å². The van der Waals surface area contributed by atoms with Crippen LogP contribution >= 0.6 is 11.6 Å². The van der Waals surface area contributed by atoms with Crippen molar-refractivity contribution in [1.29, 1.82) is 0 Å². The number of nitrogens with zero attached hydrogens (tertiary/aromatic N) is 1. The second-order valence-electron chi connectivity index (χ2n) is 19.0. The van der Waals surface area contributed by atoms with E-state index in [1.807, 2.05) is 38.1 Å². The minimum Gasteiger partial charge on any atom is -0.487 e. The highest BCUT2D eigenvalue weighted by atomic mass is 35.5. The summed E-state index contributed by atoms with van der Waals surface area (Å²) in [5.41, 5.74) is -1.23. The molecule has 3 aromatic rings. The van der Waals surface area contributed by atoms with Gasteiger partial charge in [-0.05, 0) is 136 Å². The Morgan fingerprint density at radius 3 is 1.77 bits per heavy atom. The summed E-state index contributed by atoms with van der Waals surface area (Å²) >= 11 is 6.55. The van der Waals surface area contributed by atoms with E-state index in [0.29, 0.717) is 17.0 Å². The quantitative estimate of drug-likeness (QED) is 0.0549. The first-order chi connectivity index (χ1) is 27.9. The molecule has 15 heteroatoms. The fourth-order valence-corrected chi connectivity index (χ4v) is 5.19. The average Bonchev–Trinajstić information content (AvgIpc) is 3.07. The minimum atomic E-state index is -0.991. The van der Waals surface area contributed by atoms with Gasteiger partial charge in [0.25, 0.3) is 0 Å². The fraction of sp³-hybridized carbons (Fsp3) is 0.478. The van der Waals surface area contributed by atoms with Gasteiger partial charge in [0.1, 0.15) is 39.9 Å². The van der Waals surface area contributed by atoms with Crippen LogP contribution in [0.2, 0.25) is 5.02 Å². The zero-order valence-electron chi connectivity index (χ0n) is 37.8. The number of hydrogen-bond acceptors (Lipinski definition) is 10. The topological polar surface area (TPSA) is 180 Å². The molecule has 0 aliphatic carbocycles. The van der Waals surface area contributed by atoms with Crippen LogP contribution in [0, 0.1) is 5.41 Å². The summed E-state index contributed by atoms with van der Waals surface area (Å²) < 4.78 is 28.0. The minimum absolute atomic E-state index is 0.112. The highest BCUT2D eigenvalue weighted by Gasteiger charge is 2.35. The second-order valence-corrected chi connectivity index (χ2v) is 19.4. The molecule has 0 heterocycles. The van der Waals surface area contributed by atoms with E-state index in [1.165, 1.54) is 36.4 Å². The number of halogens is 1. The number of ether oxygens (including phenoxy) is 5. The van der Waals surface area contributed by atoms with E-state index in [4.69, 9.17) is 35.3 Å². The molecular weight excluding hydrogens is 804 g/mol. The number of carbonyl (C=O) groups is 5. The lowest BCUT2D eigenvalue weighted by Crippen LogP contribution is -2.46. The van der Waals surface area contributed by atoms with Crippen LogP contribution < -0.4 is 25.4 Å². The highest BCUT2D eigenvalue weighted by Crippen LogP contribution is 2.34. The Labute approximate surface area is 364 Å². The van der Waals surface area contributed by atoms with Gasteiger partial charge in [-0.3, -0.25) is 10.1 Å². The molecule has 3 amide bonds. The number of anilines is 1. The molecule has 0 unspecified atom stereocenters. The van der Waals surface area contributed by atoms with E-state index >= 15 is 0 Å². The number of benzene rings is 3. The van der Waals surface area contributed by atoms with Gasteiger partial charge in [-0.2, -0.15) is 0 Å². The second kappa shape index (κ2) is 19.8. The smallest absolute Gasteiger partial charge is 0.437 e. The summed E-state index contributed by atoms with van der Waals surface area (Å²) in [6.45, 7) is 25.7. The Morgan fingerprint density at radius 1 is 0.689 bits per heavy atom. The van der Waals surface area contributed by atoms with Gasteiger partial charge in [-0.25, -0.2) is 19.2 Å². The van der Waals surface area contributed by atoms with Crippen molar-refractivity contribution in [2.24, 2.45) is 10.4 Å². The number of aliphatic imine (C=N–C) groups is 1. The molecule has 0 bridgehead atoms. The number of hydrogen-bond donors (Lipinski definition) is 3. The van der Waals surface area contributed by atoms with Crippen LogP contribution in [0.15, 0.2) is 71.7 Å². The monoisotopic (exact) mass is 864 g/mol. The maximum Gasteiger partial charge on any atom is 0.437 e. The van der Waals surface area contributed by atoms with Crippen molar-refractivity contribution in [3.05, 3.63) is 88.4 Å². The molecule has 0 fully saturated rings. The third kappa shape index (κ3) is 17.5. The predicted octanol–water partition coefficient (Wildman–Crippen LogP) is 9.60. The molecule has 0 saturated carbocycles. The summed E-state index contributed by atoms with van der Waals surface area (Å²) in [5.74, 6) is -1.22. The van der Waals surface area contributed by atoms with E-state index in [1.54, 1.807) is 68.4 Å². The van der Waals surface area contributed by atoms with Crippen LogP contribution in [0.5, 0.6) is 11.5 Å². The Balaban J connectivity index is 1.69. The molecular formula is C46H61ClN4O10. The molecule has 332 valence electrons. The summed E-state index contributed by atoms with van der Waals surface area (Å²) in [6, 6.07) is 16.8. The largest absolute Gasteiger partial charge is 0.487 e. The zero-order valence-corrected chi connectivity index (χ0v) is 38.5. The molecule has 61 heavy (non-hydrogen) atoms. The lowest BCUT2D eigenvalue weighted by Gasteiger charge is -2.39. The number of guanidine groups is 1. The number of amides is 3. The van der Waals surface area contributed by atoms with Gasteiger partial charge in [0, 0.05) is 22.5 Å². The van der Waals surface area contributed by atoms with Crippen molar-refractivity contribution < 1.29 is 47.7 Å². The van der Waals surface area contributed by atoms with E-state index in [0.717, 1.165) is 5.56 Å². The van der Waals surface area contributed by atoms with Gasteiger partial charge in [0.05, 0.1) is 12.0 Å². The Hall–Kier alpha value is -5.63. The molecule has 0 aliphatic rings. The van der Waals surface area contributed by atoms with Gasteiger partial charge in [0.15, 0.2) is 0 Å². The molecule has 0 aliphatic heterocycles. The standard InChI is InChI=1S/C46H61ClN4O10/c1-42(2,3)46(13,14)58-32-22-15-28(16-23-32)25-35(38(54)59-43(4,5)6)49-36(52)26-30-19-24-33(27-34(30)47)57-37(53)29-17-20-31(21-18-29)48-39(50-40(55)60-44(7,8)9)51-41(56)61-45(10,11)12/h15-24,27,35H,25-26H2,1-14H3,(H,49,52)(H2,48,50,51,55,56)/t35-/m0/s1. The molecule has 14 nitrogen and oxygen atoms in total. The summed E-state index contributed by atoms with van der Waals surface area (Å²) in [4.78, 5) is 68.4. The van der Waals surface area contributed by atoms with Crippen LogP contribution in [0.1, 0.15) is 118 Å². The average molecular weight is 865 g/mol. The highest BCUT2D eigenvalue weighted by molar-refractivity contribution is 6.31. The molecule has 0 spiro atoms. The molecule has 3 rings (SSSR count). The first kappa shape index (κ1) is 49.7. The SMILES string of the molecule is CC(C)(C)OC(=O)/N=C(/NC(=O)OC(C)(C)C)Nc1ccc(C(=O)Oc2ccc(CC(=O)N[C@@H](Cc3ccc(OC(C)(C)C(C)(C)C)cc3)C(=O)OC(C)(C)C)c(Cl)c2)cc1. The van der Waals surface area contributed by atoms with Crippen LogP contribution in [0.3, 0.4) is 0 Å². The fourth-order valence-electron chi connectivity index (χ4n) is 4.95. The zero-order chi connectivity index (χ0) is 46.1. The van der Waals surface area contributed by atoms with E-state index in [9.17, 15) is 24.0 Å². The molecule has 0 radical (unpaired) electrons. The van der Waals surface area contributed by atoms with Crippen LogP contribution in [-0.2, 0) is 36.6 Å². The van der Waals surface area contributed by atoms with Crippen molar-refractivity contribution in [2.45, 2.75) is 138 Å². The Kier molecular flexibility index (Phi) is 16.2. The van der Waals surface area contributed by atoms with Gasteiger partial charge in [-0.15, -0.1) is 4.99 Å². The van der Waals surface area contributed by atoms with Crippen molar-refractivity contribution in [2.75, 3.05) is 5.32 Å². The molecule has 3 N–H and O–H groups in total. The van der Waals surface area contributed by atoms with Gasteiger partial charge in [-0.1, -0.05) is 50.6 Å². The first-order valence-electron chi connectivity index (χ1n) is 19.9. The Bertz CT molecular complexity index is 2070. The summed E-state index contributed by atoms with van der Waals surface area (Å²) in [6.07, 6.45) is -1.81. The number of esters is 2. The molecule has 3 aromatic carbocycles. The van der Waals surface area contributed by atoms with Crippen molar-refractivity contribution in [3.63, 3.8) is 0 Å². The van der Waals surface area contributed by atoms with Gasteiger partial charge >= 0.3 is 24.1 Å². The van der Waals surface area contributed by atoms with Crippen LogP contribution in [0.25, 0.3) is 0 Å².